The summed E-state index contributed by atoms with van der Waals surface area (Å²) in [4.78, 5) is 4.42. The summed E-state index contributed by atoms with van der Waals surface area (Å²) in [5, 5.41) is 3.15. The van der Waals surface area contributed by atoms with Crippen molar-refractivity contribution >= 4 is 35.6 Å². The number of rotatable bonds is 5. The van der Waals surface area contributed by atoms with Crippen LogP contribution < -0.4 is 11.1 Å². The first-order chi connectivity index (χ1) is 9.54. The number of aliphatic imine (C=N–C) groups is 1. The van der Waals surface area contributed by atoms with Gasteiger partial charge in [-0.1, -0.05) is 26.0 Å². The van der Waals surface area contributed by atoms with Crippen molar-refractivity contribution in [2.75, 3.05) is 19.0 Å². The first kappa shape index (κ1) is 18.2. The molecule has 1 fully saturated rings. The predicted molar refractivity (Wildman–Crippen MR) is 99.6 cm³/mol. The SMILES string of the molecule is COC1(CN=C(N)Nc2cccc(C(C)C)c2)CCC1.I. The van der Waals surface area contributed by atoms with E-state index in [1.165, 1.54) is 12.0 Å². The van der Waals surface area contributed by atoms with Crippen LogP contribution in [0.25, 0.3) is 0 Å². The molecular weight excluding hydrogens is 377 g/mol. The molecule has 4 nitrogen and oxygen atoms in total. The molecule has 1 aromatic carbocycles. The van der Waals surface area contributed by atoms with Gasteiger partial charge in [-0.25, -0.2) is 0 Å². The van der Waals surface area contributed by atoms with E-state index < -0.39 is 0 Å². The highest BCUT2D eigenvalue weighted by Crippen LogP contribution is 2.35. The average molecular weight is 403 g/mol. The quantitative estimate of drug-likeness (QED) is 0.448. The monoisotopic (exact) mass is 403 g/mol. The van der Waals surface area contributed by atoms with E-state index in [0.717, 1.165) is 18.5 Å². The van der Waals surface area contributed by atoms with E-state index in [0.29, 0.717) is 18.4 Å². The molecule has 0 radical (unpaired) electrons. The van der Waals surface area contributed by atoms with Crippen LogP contribution in [0.2, 0.25) is 0 Å². The summed E-state index contributed by atoms with van der Waals surface area (Å²) in [5.74, 6) is 0.955. The number of anilines is 1. The van der Waals surface area contributed by atoms with Crippen LogP contribution in [0.5, 0.6) is 0 Å². The van der Waals surface area contributed by atoms with Crippen molar-refractivity contribution in [3.63, 3.8) is 0 Å². The van der Waals surface area contributed by atoms with Crippen molar-refractivity contribution in [3.8, 4) is 0 Å². The van der Waals surface area contributed by atoms with Gasteiger partial charge in [-0.05, 0) is 42.9 Å². The molecule has 0 spiro atoms. The smallest absolute Gasteiger partial charge is 0.193 e. The molecule has 21 heavy (non-hydrogen) atoms. The van der Waals surface area contributed by atoms with Gasteiger partial charge >= 0.3 is 0 Å². The lowest BCUT2D eigenvalue weighted by molar-refractivity contribution is -0.0629. The molecule has 3 N–H and O–H groups in total. The third-order valence-corrected chi connectivity index (χ3v) is 4.06. The van der Waals surface area contributed by atoms with Gasteiger partial charge in [0.25, 0.3) is 0 Å². The minimum absolute atomic E-state index is 0. The van der Waals surface area contributed by atoms with Crippen LogP contribution in [0.4, 0.5) is 5.69 Å². The van der Waals surface area contributed by atoms with E-state index in [2.05, 4.69) is 36.3 Å². The highest BCUT2D eigenvalue weighted by molar-refractivity contribution is 14.0. The Hall–Kier alpha value is -0.820. The largest absolute Gasteiger partial charge is 0.376 e. The number of halogens is 1. The van der Waals surface area contributed by atoms with Crippen molar-refractivity contribution in [3.05, 3.63) is 29.8 Å². The zero-order chi connectivity index (χ0) is 14.6. The lowest BCUT2D eigenvalue weighted by Gasteiger charge is -2.39. The van der Waals surface area contributed by atoms with Gasteiger partial charge in [0.1, 0.15) is 0 Å². The molecular formula is C16H26IN3O. The Labute approximate surface area is 144 Å². The molecule has 1 aliphatic rings. The minimum atomic E-state index is -0.0773. The van der Waals surface area contributed by atoms with E-state index in [9.17, 15) is 0 Å². The van der Waals surface area contributed by atoms with Gasteiger partial charge in [-0.15, -0.1) is 24.0 Å². The molecule has 5 heteroatoms. The Balaban J connectivity index is 0.00000220. The zero-order valence-electron chi connectivity index (χ0n) is 13.1. The van der Waals surface area contributed by atoms with E-state index in [1.807, 2.05) is 12.1 Å². The first-order valence-electron chi connectivity index (χ1n) is 7.27. The average Bonchev–Trinajstić information content (AvgIpc) is 2.38. The minimum Gasteiger partial charge on any atom is -0.376 e. The third kappa shape index (κ3) is 4.85. The van der Waals surface area contributed by atoms with Crippen molar-refractivity contribution in [2.45, 2.75) is 44.6 Å². The number of ether oxygens (including phenoxy) is 1. The Morgan fingerprint density at radius 2 is 2.14 bits per heavy atom. The molecule has 0 amide bonds. The molecule has 0 aromatic heterocycles. The molecule has 1 aromatic rings. The summed E-state index contributed by atoms with van der Waals surface area (Å²) in [6.45, 7) is 4.98. The molecule has 0 heterocycles. The molecule has 1 saturated carbocycles. The fraction of sp³-hybridized carbons (Fsp3) is 0.562. The third-order valence-electron chi connectivity index (χ3n) is 4.06. The highest BCUT2D eigenvalue weighted by Gasteiger charge is 2.36. The number of nitrogens with two attached hydrogens (primary N) is 1. The van der Waals surface area contributed by atoms with E-state index >= 15 is 0 Å². The molecule has 0 unspecified atom stereocenters. The summed E-state index contributed by atoms with van der Waals surface area (Å²) < 4.78 is 5.53. The number of methoxy groups -OCH3 is 1. The van der Waals surface area contributed by atoms with Crippen LogP contribution >= 0.6 is 24.0 Å². The lowest BCUT2D eigenvalue weighted by Crippen LogP contribution is -2.43. The number of hydrogen-bond donors (Lipinski definition) is 2. The summed E-state index contributed by atoms with van der Waals surface area (Å²) in [6.07, 6.45) is 3.36. The summed E-state index contributed by atoms with van der Waals surface area (Å²) in [7, 11) is 1.75. The van der Waals surface area contributed by atoms with Crippen LogP contribution in [0.3, 0.4) is 0 Å². The summed E-state index contributed by atoms with van der Waals surface area (Å²) in [6, 6.07) is 8.27. The van der Waals surface area contributed by atoms with Gasteiger partial charge in [-0.3, -0.25) is 4.99 Å². The number of nitrogens with zero attached hydrogens (tertiary/aromatic N) is 1. The fourth-order valence-corrected chi connectivity index (χ4v) is 2.39. The number of benzene rings is 1. The maximum absolute atomic E-state index is 5.96. The van der Waals surface area contributed by atoms with Crippen molar-refractivity contribution < 1.29 is 4.74 Å². The van der Waals surface area contributed by atoms with Gasteiger partial charge in [-0.2, -0.15) is 0 Å². The van der Waals surface area contributed by atoms with Crippen molar-refractivity contribution in [1.82, 2.24) is 0 Å². The molecule has 0 saturated heterocycles. The molecule has 2 rings (SSSR count). The summed E-state index contributed by atoms with van der Waals surface area (Å²) >= 11 is 0. The lowest BCUT2D eigenvalue weighted by atomic mass is 9.80. The Morgan fingerprint density at radius 3 is 2.67 bits per heavy atom. The van der Waals surface area contributed by atoms with Gasteiger partial charge < -0.3 is 15.8 Å². The Morgan fingerprint density at radius 1 is 1.43 bits per heavy atom. The number of guanidine groups is 1. The van der Waals surface area contributed by atoms with Crippen LogP contribution in [-0.4, -0.2) is 25.2 Å². The second-order valence-electron chi connectivity index (χ2n) is 5.85. The summed E-state index contributed by atoms with van der Waals surface area (Å²) in [5.41, 5.74) is 8.15. The van der Waals surface area contributed by atoms with Gasteiger partial charge in [0.05, 0.1) is 12.1 Å². The number of hydrogen-bond acceptors (Lipinski definition) is 2. The van der Waals surface area contributed by atoms with Crippen LogP contribution in [-0.2, 0) is 4.74 Å². The van der Waals surface area contributed by atoms with Crippen LogP contribution in [0.15, 0.2) is 29.3 Å². The number of nitrogens with one attached hydrogen (secondary N) is 1. The van der Waals surface area contributed by atoms with Gasteiger partial charge in [0.15, 0.2) is 5.96 Å². The molecule has 0 aliphatic heterocycles. The molecule has 118 valence electrons. The van der Waals surface area contributed by atoms with E-state index in [1.54, 1.807) is 7.11 Å². The van der Waals surface area contributed by atoms with Crippen LogP contribution in [0.1, 0.15) is 44.6 Å². The second kappa shape index (κ2) is 7.98. The Kier molecular flexibility index (Phi) is 6.93. The van der Waals surface area contributed by atoms with E-state index in [-0.39, 0.29) is 29.6 Å². The Bertz CT molecular complexity index is 479. The van der Waals surface area contributed by atoms with Crippen LogP contribution in [0, 0.1) is 0 Å². The predicted octanol–water partition coefficient (Wildman–Crippen LogP) is 3.72. The van der Waals surface area contributed by atoms with Crippen molar-refractivity contribution in [2.24, 2.45) is 10.7 Å². The highest BCUT2D eigenvalue weighted by atomic mass is 127. The second-order valence-corrected chi connectivity index (χ2v) is 5.85. The molecule has 0 bridgehead atoms. The normalized spacial score (nSPS) is 17.0. The first-order valence-corrected chi connectivity index (χ1v) is 7.27. The molecule has 1 aliphatic carbocycles. The maximum atomic E-state index is 5.96. The molecule has 0 atom stereocenters. The van der Waals surface area contributed by atoms with Gasteiger partial charge in [0, 0.05) is 12.8 Å². The fourth-order valence-electron chi connectivity index (χ4n) is 2.39. The van der Waals surface area contributed by atoms with E-state index in [4.69, 9.17) is 10.5 Å². The topological polar surface area (TPSA) is 59.6 Å². The van der Waals surface area contributed by atoms with Crippen molar-refractivity contribution in [1.29, 1.82) is 0 Å². The zero-order valence-corrected chi connectivity index (χ0v) is 15.4. The standard InChI is InChI=1S/C16H25N3O.HI/c1-12(2)13-6-4-7-14(10-13)19-15(17)18-11-16(20-3)8-5-9-16;/h4,6-7,10,12H,5,8-9,11H2,1-3H3,(H3,17,18,19);1H. The van der Waals surface area contributed by atoms with Gasteiger partial charge in [0.2, 0.25) is 0 Å². The maximum Gasteiger partial charge on any atom is 0.193 e.